The average molecular weight is 461 g/mol. The second-order valence-corrected chi connectivity index (χ2v) is 8.30. The molecule has 0 aliphatic heterocycles. The van der Waals surface area contributed by atoms with Crippen molar-refractivity contribution < 1.29 is 4.79 Å². The molecule has 30 heavy (non-hydrogen) atoms. The van der Waals surface area contributed by atoms with Gasteiger partial charge in [0.1, 0.15) is 4.60 Å². The fourth-order valence-electron chi connectivity index (χ4n) is 3.62. The third-order valence-corrected chi connectivity index (χ3v) is 5.98. The maximum atomic E-state index is 13.3. The Kier molecular flexibility index (Phi) is 5.39. The van der Waals surface area contributed by atoms with E-state index in [9.17, 15) is 9.59 Å². The van der Waals surface area contributed by atoms with Crippen LogP contribution in [0.25, 0.3) is 10.9 Å². The molecule has 0 N–H and O–H groups in total. The van der Waals surface area contributed by atoms with Crippen LogP contribution in [0.15, 0.2) is 76.3 Å². The zero-order chi connectivity index (χ0) is 21.4. The van der Waals surface area contributed by atoms with Crippen molar-refractivity contribution in [3.8, 4) is 0 Å². The number of hydrogen-bond acceptors (Lipinski definition) is 3. The summed E-state index contributed by atoms with van der Waals surface area (Å²) in [5, 5.41) is 0.522. The molecule has 4 rings (SSSR count). The van der Waals surface area contributed by atoms with E-state index in [1.54, 1.807) is 18.3 Å². The lowest BCUT2D eigenvalue weighted by Crippen LogP contribution is -2.22. The Bertz CT molecular complexity index is 1340. The maximum Gasteiger partial charge on any atom is 0.200 e. The van der Waals surface area contributed by atoms with Crippen LogP contribution in [0.1, 0.15) is 45.7 Å². The Morgan fingerprint density at radius 2 is 1.77 bits per heavy atom. The summed E-state index contributed by atoms with van der Waals surface area (Å²) < 4.78 is 2.70. The smallest absolute Gasteiger partial charge is 0.200 e. The summed E-state index contributed by atoms with van der Waals surface area (Å²) in [6, 6.07) is 18.5. The number of benzene rings is 2. The number of fused-ring (bicyclic) bond motifs is 1. The minimum Gasteiger partial charge on any atom is -0.338 e. The zero-order valence-corrected chi connectivity index (χ0v) is 18.6. The van der Waals surface area contributed by atoms with Crippen molar-refractivity contribution in [2.45, 2.75) is 26.8 Å². The van der Waals surface area contributed by atoms with Gasteiger partial charge in [-0.1, -0.05) is 30.3 Å². The molecule has 5 heteroatoms. The van der Waals surface area contributed by atoms with Crippen LogP contribution in [-0.4, -0.2) is 15.3 Å². The van der Waals surface area contributed by atoms with Gasteiger partial charge >= 0.3 is 0 Å². The van der Waals surface area contributed by atoms with E-state index in [0.717, 1.165) is 26.9 Å². The Labute approximate surface area is 183 Å². The van der Waals surface area contributed by atoms with E-state index >= 15 is 0 Å². The fraction of sp³-hybridized carbons (Fsp3) is 0.160. The summed E-state index contributed by atoms with van der Waals surface area (Å²) in [7, 11) is 0. The highest BCUT2D eigenvalue weighted by atomic mass is 79.9. The van der Waals surface area contributed by atoms with Gasteiger partial charge in [-0.05, 0) is 78.2 Å². The normalized spacial score (nSPS) is 12.1. The molecular weight excluding hydrogens is 440 g/mol. The van der Waals surface area contributed by atoms with E-state index in [-0.39, 0.29) is 22.8 Å². The Balaban J connectivity index is 1.93. The number of pyridine rings is 2. The lowest BCUT2D eigenvalue weighted by molar-refractivity contribution is 0.103. The molecule has 4 aromatic rings. The van der Waals surface area contributed by atoms with Gasteiger partial charge in [0.05, 0.1) is 22.8 Å². The number of aromatic nitrogens is 2. The SMILES string of the molecule is Cc1ccc(C(=O)c2cn(C(C)c3cccc(Br)n3)c3ccccc3c2=O)cc1C. The van der Waals surface area contributed by atoms with E-state index in [1.807, 2.05) is 73.9 Å². The van der Waals surface area contributed by atoms with E-state index in [0.29, 0.717) is 10.9 Å². The highest BCUT2D eigenvalue weighted by Crippen LogP contribution is 2.24. The first-order valence-corrected chi connectivity index (χ1v) is 10.5. The standard InChI is InChI=1S/C25H21BrN2O2/c1-15-11-12-18(13-16(15)2)24(29)20-14-28(17(3)21-8-6-10-23(26)27-21)22-9-5-4-7-19(22)25(20)30/h4-14,17H,1-3H3. The number of rotatable bonds is 4. The number of nitrogens with zero attached hydrogens (tertiary/aromatic N) is 2. The molecule has 150 valence electrons. The fourth-order valence-corrected chi connectivity index (χ4v) is 3.98. The van der Waals surface area contributed by atoms with E-state index in [2.05, 4.69) is 20.9 Å². The second-order valence-electron chi connectivity index (χ2n) is 7.49. The number of carbonyl (C=O) groups is 1. The Morgan fingerprint density at radius 1 is 1.00 bits per heavy atom. The first kappa shape index (κ1) is 20.2. The number of halogens is 1. The first-order chi connectivity index (χ1) is 14.4. The highest BCUT2D eigenvalue weighted by Gasteiger charge is 2.20. The Morgan fingerprint density at radius 3 is 2.50 bits per heavy atom. The van der Waals surface area contributed by atoms with Gasteiger partial charge in [0.2, 0.25) is 5.43 Å². The van der Waals surface area contributed by atoms with Gasteiger partial charge in [-0.25, -0.2) is 4.98 Å². The molecule has 0 radical (unpaired) electrons. The van der Waals surface area contributed by atoms with Crippen molar-refractivity contribution in [1.29, 1.82) is 0 Å². The molecule has 2 heterocycles. The van der Waals surface area contributed by atoms with Crippen molar-refractivity contribution >= 4 is 32.6 Å². The molecule has 1 unspecified atom stereocenters. The van der Waals surface area contributed by atoms with Gasteiger partial charge in [-0.15, -0.1) is 0 Å². The van der Waals surface area contributed by atoms with Crippen molar-refractivity contribution in [1.82, 2.24) is 9.55 Å². The number of carbonyl (C=O) groups excluding carboxylic acids is 1. The molecule has 0 aliphatic rings. The van der Waals surface area contributed by atoms with Crippen molar-refractivity contribution in [2.24, 2.45) is 0 Å². The average Bonchev–Trinajstić information content (AvgIpc) is 2.75. The molecule has 2 aromatic heterocycles. The monoisotopic (exact) mass is 460 g/mol. The Hall–Kier alpha value is -3.05. The van der Waals surface area contributed by atoms with Gasteiger partial charge in [-0.2, -0.15) is 0 Å². The molecule has 0 saturated heterocycles. The quantitative estimate of drug-likeness (QED) is 0.293. The number of aryl methyl sites for hydroxylation is 2. The third-order valence-electron chi connectivity index (χ3n) is 5.54. The molecular formula is C25H21BrN2O2. The molecule has 0 aliphatic carbocycles. The number of para-hydroxylation sites is 1. The van der Waals surface area contributed by atoms with Crippen molar-refractivity contribution in [3.63, 3.8) is 0 Å². The van der Waals surface area contributed by atoms with E-state index in [1.165, 1.54) is 0 Å². The van der Waals surface area contributed by atoms with E-state index in [4.69, 9.17) is 0 Å². The predicted molar refractivity (Wildman–Crippen MR) is 123 cm³/mol. The van der Waals surface area contributed by atoms with Crippen molar-refractivity contribution in [2.75, 3.05) is 0 Å². The van der Waals surface area contributed by atoms with Gasteiger partial charge in [0.15, 0.2) is 5.78 Å². The minimum atomic E-state index is -0.267. The molecule has 1 atom stereocenters. The molecule has 0 saturated carbocycles. The van der Waals surface area contributed by atoms with Gasteiger partial charge < -0.3 is 4.57 Å². The predicted octanol–water partition coefficient (Wildman–Crippen LogP) is 5.62. The topological polar surface area (TPSA) is 52.0 Å². The number of ketones is 1. The van der Waals surface area contributed by atoms with Gasteiger partial charge in [-0.3, -0.25) is 9.59 Å². The van der Waals surface area contributed by atoms with Crippen LogP contribution in [0.4, 0.5) is 0 Å². The van der Waals surface area contributed by atoms with Crippen LogP contribution in [0, 0.1) is 13.8 Å². The van der Waals surface area contributed by atoms with Gasteiger partial charge in [0, 0.05) is 17.1 Å². The summed E-state index contributed by atoms with van der Waals surface area (Å²) in [6.07, 6.45) is 1.68. The lowest BCUT2D eigenvalue weighted by Gasteiger charge is -2.20. The summed E-state index contributed by atoms with van der Waals surface area (Å²) in [5.41, 5.74) is 4.17. The number of hydrogen-bond donors (Lipinski definition) is 0. The molecule has 4 nitrogen and oxygen atoms in total. The van der Waals surface area contributed by atoms with Crippen LogP contribution in [0.3, 0.4) is 0 Å². The maximum absolute atomic E-state index is 13.3. The van der Waals surface area contributed by atoms with Crippen LogP contribution in [-0.2, 0) is 0 Å². The largest absolute Gasteiger partial charge is 0.338 e. The van der Waals surface area contributed by atoms with Crippen molar-refractivity contribution in [3.05, 3.63) is 110 Å². The van der Waals surface area contributed by atoms with E-state index < -0.39 is 0 Å². The van der Waals surface area contributed by atoms with Gasteiger partial charge in [0.25, 0.3) is 0 Å². The zero-order valence-electron chi connectivity index (χ0n) is 17.0. The second kappa shape index (κ2) is 8.00. The van der Waals surface area contributed by atoms with Crippen LogP contribution in [0.2, 0.25) is 0 Å². The summed E-state index contributed by atoms with van der Waals surface area (Å²) in [6.45, 7) is 5.97. The lowest BCUT2D eigenvalue weighted by atomic mass is 9.98. The third kappa shape index (κ3) is 3.61. The first-order valence-electron chi connectivity index (χ1n) is 9.75. The molecule has 0 fully saturated rings. The molecule has 0 spiro atoms. The van der Waals surface area contributed by atoms with Crippen LogP contribution in [0.5, 0.6) is 0 Å². The van der Waals surface area contributed by atoms with Crippen LogP contribution >= 0.6 is 15.9 Å². The van der Waals surface area contributed by atoms with Crippen LogP contribution < -0.4 is 5.43 Å². The molecule has 2 aromatic carbocycles. The molecule has 0 bridgehead atoms. The highest BCUT2D eigenvalue weighted by molar-refractivity contribution is 9.10. The summed E-state index contributed by atoms with van der Waals surface area (Å²) in [5.74, 6) is -0.267. The minimum absolute atomic E-state index is 0.166. The summed E-state index contributed by atoms with van der Waals surface area (Å²) >= 11 is 3.42. The summed E-state index contributed by atoms with van der Waals surface area (Å²) in [4.78, 5) is 31.1. The molecule has 0 amide bonds.